The van der Waals surface area contributed by atoms with Gasteiger partial charge in [-0.15, -0.1) is 0 Å². The van der Waals surface area contributed by atoms with Crippen LogP contribution in [-0.2, 0) is 6.54 Å². The van der Waals surface area contributed by atoms with E-state index in [-0.39, 0.29) is 12.1 Å². The maximum atomic E-state index is 11.2. The van der Waals surface area contributed by atoms with E-state index in [1.807, 2.05) is 0 Å². The molecule has 6 heteroatoms. The molecule has 0 saturated carbocycles. The van der Waals surface area contributed by atoms with Crippen LogP contribution in [0.25, 0.3) is 0 Å². The van der Waals surface area contributed by atoms with Crippen LogP contribution >= 0.6 is 0 Å². The highest BCUT2D eigenvalue weighted by Gasteiger charge is 2.21. The highest BCUT2D eigenvalue weighted by molar-refractivity contribution is 5.47. The Morgan fingerprint density at radius 2 is 2.21 bits per heavy atom. The molecule has 1 heterocycles. The van der Waals surface area contributed by atoms with Gasteiger partial charge >= 0.3 is 5.69 Å². The maximum absolute atomic E-state index is 11.2. The molecule has 0 spiro atoms. The fourth-order valence-electron chi connectivity index (χ4n) is 1.27. The van der Waals surface area contributed by atoms with E-state index in [2.05, 4.69) is 0 Å². The van der Waals surface area contributed by atoms with Gasteiger partial charge in [0.1, 0.15) is 0 Å². The van der Waals surface area contributed by atoms with Gasteiger partial charge in [-0.25, -0.2) is 0 Å². The van der Waals surface area contributed by atoms with Crippen molar-refractivity contribution in [1.29, 1.82) is 0 Å². The molecule has 0 unspecified atom stereocenters. The molecule has 0 aromatic carbocycles. The van der Waals surface area contributed by atoms with Crippen molar-refractivity contribution in [3.63, 3.8) is 0 Å². The molecule has 6 nitrogen and oxygen atoms in total. The summed E-state index contributed by atoms with van der Waals surface area (Å²) in [4.78, 5) is 21.1. The number of hydrogen-bond donors (Lipinski definition) is 1. The summed E-state index contributed by atoms with van der Waals surface area (Å²) < 4.78 is 0.950. The molecular formula is C8H10N2O4. The highest BCUT2D eigenvalue weighted by Crippen LogP contribution is 2.26. The second-order valence-electron chi connectivity index (χ2n) is 2.84. The first-order valence-corrected chi connectivity index (χ1v) is 4.06. The van der Waals surface area contributed by atoms with Gasteiger partial charge in [-0.1, -0.05) is 0 Å². The van der Waals surface area contributed by atoms with Gasteiger partial charge in [-0.3, -0.25) is 19.5 Å². The standard InChI is InChI=1S/C8H10N2O4/c1-3-9-6(11)4-5(2)7(8(9)12)10(13)14/h4,12H,3H2,1-2H3. The SMILES string of the molecule is CCn1c(O)c([N+](=O)[O-])c(C)cc1=O. The summed E-state index contributed by atoms with van der Waals surface area (Å²) in [6.45, 7) is 3.24. The molecular weight excluding hydrogens is 188 g/mol. The fourth-order valence-corrected chi connectivity index (χ4v) is 1.27. The first-order chi connectivity index (χ1) is 6.49. The van der Waals surface area contributed by atoms with Gasteiger partial charge in [-0.2, -0.15) is 0 Å². The van der Waals surface area contributed by atoms with Crippen molar-refractivity contribution < 1.29 is 10.0 Å². The molecule has 1 rings (SSSR count). The van der Waals surface area contributed by atoms with Gasteiger partial charge in [0.05, 0.1) is 4.92 Å². The van der Waals surface area contributed by atoms with Crippen molar-refractivity contribution in [3.8, 4) is 5.88 Å². The fraction of sp³-hybridized carbons (Fsp3) is 0.375. The van der Waals surface area contributed by atoms with E-state index in [0.29, 0.717) is 0 Å². The smallest absolute Gasteiger partial charge is 0.332 e. The Bertz CT molecular complexity index is 436. The lowest BCUT2D eigenvalue weighted by molar-refractivity contribution is -0.387. The van der Waals surface area contributed by atoms with Gasteiger partial charge in [0.25, 0.3) is 11.4 Å². The number of rotatable bonds is 2. The van der Waals surface area contributed by atoms with E-state index in [1.54, 1.807) is 6.92 Å². The Labute approximate surface area is 79.6 Å². The quantitative estimate of drug-likeness (QED) is 0.562. The third-order valence-corrected chi connectivity index (χ3v) is 1.95. The predicted molar refractivity (Wildman–Crippen MR) is 49.4 cm³/mol. The van der Waals surface area contributed by atoms with Gasteiger partial charge in [-0.05, 0) is 13.8 Å². The first kappa shape index (κ1) is 10.2. The number of pyridine rings is 1. The van der Waals surface area contributed by atoms with Crippen LogP contribution in [0.5, 0.6) is 5.88 Å². The third kappa shape index (κ3) is 1.46. The van der Waals surface area contributed by atoms with Crippen molar-refractivity contribution in [1.82, 2.24) is 4.57 Å². The van der Waals surface area contributed by atoms with E-state index in [0.717, 1.165) is 10.6 Å². The van der Waals surface area contributed by atoms with Crippen molar-refractivity contribution >= 4 is 5.69 Å². The Morgan fingerprint density at radius 1 is 1.64 bits per heavy atom. The Morgan fingerprint density at radius 3 is 2.64 bits per heavy atom. The van der Waals surface area contributed by atoms with E-state index in [9.17, 15) is 20.0 Å². The van der Waals surface area contributed by atoms with Crippen molar-refractivity contribution in [2.45, 2.75) is 20.4 Å². The average molecular weight is 198 g/mol. The van der Waals surface area contributed by atoms with Crippen LogP contribution in [0.4, 0.5) is 5.69 Å². The minimum atomic E-state index is -0.698. The zero-order valence-electron chi connectivity index (χ0n) is 7.85. The zero-order chi connectivity index (χ0) is 10.9. The molecule has 0 atom stereocenters. The Hall–Kier alpha value is -1.85. The molecule has 0 radical (unpaired) electrons. The molecule has 0 amide bonds. The highest BCUT2D eigenvalue weighted by atomic mass is 16.6. The Kier molecular flexibility index (Phi) is 2.55. The largest absolute Gasteiger partial charge is 0.490 e. The number of hydrogen-bond acceptors (Lipinski definition) is 4. The minimum Gasteiger partial charge on any atom is -0.490 e. The number of aromatic nitrogens is 1. The lowest BCUT2D eigenvalue weighted by Gasteiger charge is -2.06. The Balaban J connectivity index is 3.60. The van der Waals surface area contributed by atoms with Gasteiger partial charge < -0.3 is 5.11 Å². The molecule has 14 heavy (non-hydrogen) atoms. The van der Waals surface area contributed by atoms with Crippen molar-refractivity contribution in [2.75, 3.05) is 0 Å². The molecule has 1 aromatic heterocycles. The zero-order valence-corrected chi connectivity index (χ0v) is 7.85. The first-order valence-electron chi connectivity index (χ1n) is 4.06. The molecule has 0 aliphatic carbocycles. The topological polar surface area (TPSA) is 85.4 Å². The van der Waals surface area contributed by atoms with Crippen LogP contribution in [0.15, 0.2) is 10.9 Å². The second-order valence-corrected chi connectivity index (χ2v) is 2.84. The van der Waals surface area contributed by atoms with E-state index in [1.165, 1.54) is 6.92 Å². The number of nitro groups is 1. The summed E-state index contributed by atoms with van der Waals surface area (Å²) in [7, 11) is 0. The molecule has 0 aliphatic heterocycles. The predicted octanol–water partition coefficient (Wildman–Crippen LogP) is 0.790. The van der Waals surface area contributed by atoms with E-state index >= 15 is 0 Å². The van der Waals surface area contributed by atoms with Crippen LogP contribution in [-0.4, -0.2) is 14.6 Å². The minimum absolute atomic E-state index is 0.169. The molecule has 0 aliphatic rings. The molecule has 0 bridgehead atoms. The molecule has 1 aromatic rings. The third-order valence-electron chi connectivity index (χ3n) is 1.95. The molecule has 1 N–H and O–H groups in total. The molecule has 0 saturated heterocycles. The van der Waals surface area contributed by atoms with Crippen molar-refractivity contribution in [2.24, 2.45) is 0 Å². The summed E-state index contributed by atoms with van der Waals surface area (Å²) in [5.41, 5.74) is -0.679. The summed E-state index contributed by atoms with van der Waals surface area (Å²) in [6.07, 6.45) is 0. The average Bonchev–Trinajstić information content (AvgIpc) is 2.02. The maximum Gasteiger partial charge on any atom is 0.332 e. The van der Waals surface area contributed by atoms with Crippen LogP contribution < -0.4 is 5.56 Å². The van der Waals surface area contributed by atoms with Crippen LogP contribution in [0.2, 0.25) is 0 Å². The molecule has 76 valence electrons. The lowest BCUT2D eigenvalue weighted by atomic mass is 10.2. The molecule has 0 fully saturated rings. The second kappa shape index (κ2) is 3.49. The number of aromatic hydroxyl groups is 1. The monoisotopic (exact) mass is 198 g/mol. The summed E-state index contributed by atoms with van der Waals surface area (Å²) in [6, 6.07) is 1.14. The summed E-state index contributed by atoms with van der Waals surface area (Å²) in [5, 5.41) is 20.0. The van der Waals surface area contributed by atoms with Crippen LogP contribution in [0.3, 0.4) is 0 Å². The number of aryl methyl sites for hydroxylation is 1. The van der Waals surface area contributed by atoms with E-state index < -0.39 is 22.0 Å². The number of nitrogens with zero attached hydrogens (tertiary/aromatic N) is 2. The van der Waals surface area contributed by atoms with Gasteiger partial charge in [0.2, 0.25) is 0 Å². The van der Waals surface area contributed by atoms with Gasteiger partial charge in [0.15, 0.2) is 0 Å². The lowest BCUT2D eigenvalue weighted by Crippen LogP contribution is -2.19. The van der Waals surface area contributed by atoms with Crippen molar-refractivity contribution in [3.05, 3.63) is 32.1 Å². The summed E-state index contributed by atoms with van der Waals surface area (Å²) >= 11 is 0. The summed E-state index contributed by atoms with van der Waals surface area (Å²) in [5.74, 6) is -0.581. The normalized spacial score (nSPS) is 10.1. The van der Waals surface area contributed by atoms with Crippen LogP contribution in [0.1, 0.15) is 12.5 Å². The van der Waals surface area contributed by atoms with Crippen LogP contribution in [0, 0.1) is 17.0 Å². The van der Waals surface area contributed by atoms with Gasteiger partial charge in [0, 0.05) is 18.2 Å². The van der Waals surface area contributed by atoms with E-state index in [4.69, 9.17) is 0 Å².